The highest BCUT2D eigenvalue weighted by Gasteiger charge is 2.25. The van der Waals surface area contributed by atoms with Crippen molar-refractivity contribution in [1.82, 2.24) is 0 Å². The molecule has 0 unspecified atom stereocenters. The third kappa shape index (κ3) is 3.26. The number of nitrogens with zero attached hydrogens (tertiary/aromatic N) is 1. The lowest BCUT2D eigenvalue weighted by Crippen LogP contribution is -2.17. The number of hydrogen-bond acceptors (Lipinski definition) is 2. The third-order valence-electron chi connectivity index (χ3n) is 3.85. The monoisotopic (exact) mass is 333 g/mol. The van der Waals surface area contributed by atoms with Crippen molar-refractivity contribution < 1.29 is 4.52 Å². The van der Waals surface area contributed by atoms with Gasteiger partial charge in [0.15, 0.2) is 0 Å². The molecule has 0 aliphatic heterocycles. The maximum absolute atomic E-state index is 6.09. The lowest BCUT2D eigenvalue weighted by Gasteiger charge is -2.24. The standard InChI is InChI=1S/C21H20NOP/c1-18(19-12-6-3-7-13-19)22-24(23-2,20-14-8-4-9-15-20)21-16-10-5-11-17-21/h3-17H,1H2,2H3. The van der Waals surface area contributed by atoms with Gasteiger partial charge in [-0.15, -0.1) is 0 Å². The van der Waals surface area contributed by atoms with Crippen LogP contribution in [-0.2, 0) is 4.52 Å². The van der Waals surface area contributed by atoms with Crippen molar-refractivity contribution in [1.29, 1.82) is 0 Å². The van der Waals surface area contributed by atoms with Crippen molar-refractivity contribution >= 4 is 23.6 Å². The van der Waals surface area contributed by atoms with E-state index in [1.54, 1.807) is 7.11 Å². The maximum Gasteiger partial charge on any atom is 0.148 e. The van der Waals surface area contributed by atoms with Crippen molar-refractivity contribution in [3.05, 3.63) is 103 Å². The highest BCUT2D eigenvalue weighted by molar-refractivity contribution is 7.76. The fourth-order valence-corrected chi connectivity index (χ4v) is 5.27. The van der Waals surface area contributed by atoms with E-state index in [2.05, 4.69) is 30.8 Å². The summed E-state index contributed by atoms with van der Waals surface area (Å²) in [5.74, 6) is 0. The topological polar surface area (TPSA) is 21.6 Å². The van der Waals surface area contributed by atoms with E-state index in [-0.39, 0.29) is 0 Å². The molecule has 0 bridgehead atoms. The summed E-state index contributed by atoms with van der Waals surface area (Å²) in [6.07, 6.45) is 0. The lowest BCUT2D eigenvalue weighted by atomic mass is 10.2. The molecule has 0 atom stereocenters. The van der Waals surface area contributed by atoms with E-state index in [1.807, 2.05) is 66.7 Å². The Bertz CT molecular complexity index is 815. The molecule has 0 aliphatic carbocycles. The largest absolute Gasteiger partial charge is 0.340 e. The first kappa shape index (κ1) is 16.4. The predicted molar refractivity (Wildman–Crippen MR) is 104 cm³/mol. The van der Waals surface area contributed by atoms with Gasteiger partial charge in [0.05, 0.1) is 5.70 Å². The zero-order valence-electron chi connectivity index (χ0n) is 13.7. The Balaban J connectivity index is 2.23. The quantitative estimate of drug-likeness (QED) is 0.597. The molecule has 3 heteroatoms. The summed E-state index contributed by atoms with van der Waals surface area (Å²) < 4.78 is 11.1. The Morgan fingerprint density at radius 2 is 1.17 bits per heavy atom. The molecular formula is C21H20NOP. The molecule has 0 saturated carbocycles. The summed E-state index contributed by atoms with van der Waals surface area (Å²) in [5.41, 5.74) is 1.74. The Morgan fingerprint density at radius 3 is 1.58 bits per heavy atom. The van der Waals surface area contributed by atoms with Gasteiger partial charge in [-0.2, -0.15) is 0 Å². The van der Waals surface area contributed by atoms with Gasteiger partial charge in [0.1, 0.15) is 7.28 Å². The average molecular weight is 333 g/mol. The summed E-state index contributed by atoms with van der Waals surface area (Å²) in [4.78, 5) is 0. The van der Waals surface area contributed by atoms with Crippen LogP contribution in [0.2, 0.25) is 0 Å². The number of hydrogen-bond donors (Lipinski definition) is 0. The minimum absolute atomic E-state index is 0.735. The smallest absolute Gasteiger partial charge is 0.148 e. The molecular weight excluding hydrogens is 313 g/mol. The first-order chi connectivity index (χ1) is 11.8. The Morgan fingerprint density at radius 1 is 0.750 bits per heavy atom. The molecule has 0 saturated heterocycles. The Labute approximate surface area is 143 Å². The van der Waals surface area contributed by atoms with Crippen LogP contribution in [-0.4, -0.2) is 7.11 Å². The summed E-state index contributed by atoms with van der Waals surface area (Å²) in [7, 11) is -0.646. The van der Waals surface area contributed by atoms with Gasteiger partial charge in [0, 0.05) is 17.7 Å². The first-order valence-corrected chi connectivity index (χ1v) is 9.46. The zero-order chi connectivity index (χ0) is 16.8. The fourth-order valence-electron chi connectivity index (χ4n) is 2.63. The minimum atomic E-state index is -2.38. The van der Waals surface area contributed by atoms with E-state index in [9.17, 15) is 0 Å². The van der Waals surface area contributed by atoms with Crippen LogP contribution in [0.15, 0.2) is 102 Å². The van der Waals surface area contributed by atoms with E-state index in [0.29, 0.717) is 0 Å². The van der Waals surface area contributed by atoms with Crippen molar-refractivity contribution in [2.75, 3.05) is 7.11 Å². The van der Waals surface area contributed by atoms with Crippen molar-refractivity contribution in [3.8, 4) is 0 Å². The molecule has 3 aromatic carbocycles. The van der Waals surface area contributed by atoms with Gasteiger partial charge >= 0.3 is 0 Å². The van der Waals surface area contributed by atoms with Crippen LogP contribution < -0.4 is 10.6 Å². The van der Waals surface area contributed by atoms with Crippen LogP contribution >= 0.6 is 7.28 Å². The molecule has 120 valence electrons. The van der Waals surface area contributed by atoms with E-state index < -0.39 is 7.28 Å². The zero-order valence-corrected chi connectivity index (χ0v) is 14.6. The first-order valence-electron chi connectivity index (χ1n) is 7.80. The summed E-state index contributed by atoms with van der Waals surface area (Å²) in [6, 6.07) is 30.4. The third-order valence-corrected chi connectivity index (χ3v) is 6.89. The molecule has 0 N–H and O–H groups in total. The van der Waals surface area contributed by atoms with E-state index in [0.717, 1.165) is 21.9 Å². The van der Waals surface area contributed by atoms with Crippen LogP contribution in [0.3, 0.4) is 0 Å². The van der Waals surface area contributed by atoms with Crippen LogP contribution in [0, 0.1) is 0 Å². The van der Waals surface area contributed by atoms with Crippen molar-refractivity contribution in [2.24, 2.45) is 4.74 Å². The van der Waals surface area contributed by atoms with Crippen LogP contribution in [0.4, 0.5) is 0 Å². The predicted octanol–water partition coefficient (Wildman–Crippen LogP) is 5.07. The van der Waals surface area contributed by atoms with Crippen molar-refractivity contribution in [2.45, 2.75) is 0 Å². The normalized spacial score (nSPS) is 11.0. The van der Waals surface area contributed by atoms with Crippen LogP contribution in [0.5, 0.6) is 0 Å². The Hall–Kier alpha value is -2.41. The maximum atomic E-state index is 6.09. The molecule has 0 spiro atoms. The number of rotatable bonds is 5. The molecule has 2 nitrogen and oxygen atoms in total. The van der Waals surface area contributed by atoms with Gasteiger partial charge in [-0.25, -0.2) is 4.74 Å². The second kappa shape index (κ2) is 7.44. The highest BCUT2D eigenvalue weighted by Crippen LogP contribution is 2.49. The van der Waals surface area contributed by atoms with Gasteiger partial charge in [0.25, 0.3) is 0 Å². The van der Waals surface area contributed by atoms with Gasteiger partial charge in [-0.3, -0.25) is 0 Å². The van der Waals surface area contributed by atoms with Crippen LogP contribution in [0.1, 0.15) is 5.56 Å². The second-order valence-corrected chi connectivity index (χ2v) is 8.09. The fraction of sp³-hybridized carbons (Fsp3) is 0.0476. The Kier molecular flexibility index (Phi) is 5.10. The lowest BCUT2D eigenvalue weighted by molar-refractivity contribution is 0.466. The summed E-state index contributed by atoms with van der Waals surface area (Å²) >= 11 is 0. The van der Waals surface area contributed by atoms with Gasteiger partial charge < -0.3 is 4.52 Å². The molecule has 3 aromatic rings. The SMILES string of the molecule is C=C(N=P(OC)(c1ccccc1)c1ccccc1)c1ccccc1. The van der Waals surface area contributed by atoms with E-state index in [4.69, 9.17) is 9.27 Å². The molecule has 0 aromatic heterocycles. The van der Waals surface area contributed by atoms with Gasteiger partial charge in [0.2, 0.25) is 0 Å². The molecule has 0 radical (unpaired) electrons. The number of benzene rings is 3. The molecule has 0 aliphatic rings. The molecule has 0 amide bonds. The molecule has 24 heavy (non-hydrogen) atoms. The molecule has 0 heterocycles. The van der Waals surface area contributed by atoms with Gasteiger partial charge in [-0.1, -0.05) is 97.6 Å². The molecule has 3 rings (SSSR count). The molecule has 0 fully saturated rings. The van der Waals surface area contributed by atoms with Crippen LogP contribution in [0.25, 0.3) is 5.70 Å². The average Bonchev–Trinajstić information content (AvgIpc) is 2.68. The van der Waals surface area contributed by atoms with Crippen molar-refractivity contribution in [3.63, 3.8) is 0 Å². The summed E-state index contributed by atoms with van der Waals surface area (Å²) in [5, 5.41) is 2.16. The van der Waals surface area contributed by atoms with E-state index in [1.165, 1.54) is 0 Å². The minimum Gasteiger partial charge on any atom is -0.340 e. The van der Waals surface area contributed by atoms with E-state index >= 15 is 0 Å². The van der Waals surface area contributed by atoms with Gasteiger partial charge in [-0.05, 0) is 5.56 Å². The highest BCUT2D eigenvalue weighted by atomic mass is 31.2. The summed E-state index contributed by atoms with van der Waals surface area (Å²) in [6.45, 7) is 4.19. The second-order valence-electron chi connectivity index (χ2n) is 5.34.